The monoisotopic (exact) mass is 376 g/mol. The van der Waals surface area contributed by atoms with Crippen LogP contribution in [0.5, 0.6) is 0 Å². The molecule has 5 nitrogen and oxygen atoms in total. The molecule has 130 valence electrons. The first-order valence-electron chi connectivity index (χ1n) is 7.86. The third-order valence-corrected chi connectivity index (χ3v) is 5.76. The molecule has 3 aromatic rings. The van der Waals surface area contributed by atoms with Crippen molar-refractivity contribution < 1.29 is 9.90 Å². The molecule has 1 unspecified atom stereocenters. The van der Waals surface area contributed by atoms with E-state index in [2.05, 4.69) is 4.98 Å². The number of hydrogen-bond acceptors (Lipinski definition) is 4. The molecule has 1 N–H and O–H groups in total. The first-order chi connectivity index (χ1) is 11.9. The van der Waals surface area contributed by atoms with E-state index in [0.717, 1.165) is 10.4 Å². The van der Waals surface area contributed by atoms with Gasteiger partial charge in [0.2, 0.25) is 0 Å². The summed E-state index contributed by atoms with van der Waals surface area (Å²) < 4.78 is 1.27. The quantitative estimate of drug-likeness (QED) is 0.731. The van der Waals surface area contributed by atoms with Crippen LogP contribution in [-0.4, -0.2) is 20.6 Å². The van der Waals surface area contributed by atoms with E-state index in [1.165, 1.54) is 15.9 Å². The maximum absolute atomic E-state index is 13.2. The number of carbonyl (C=O) groups is 1. The number of carboxylic acids is 1. The molecule has 0 aliphatic carbocycles. The van der Waals surface area contributed by atoms with Crippen LogP contribution in [0.2, 0.25) is 5.02 Å². The molecule has 0 amide bonds. The molecular formula is C18H17ClN2O3S. The van der Waals surface area contributed by atoms with Crippen molar-refractivity contribution in [3.63, 3.8) is 0 Å². The van der Waals surface area contributed by atoms with E-state index in [1.807, 2.05) is 13.8 Å². The Labute approximate surface area is 153 Å². The molecular weight excluding hydrogens is 360 g/mol. The molecule has 0 spiro atoms. The van der Waals surface area contributed by atoms with Crippen LogP contribution in [0.15, 0.2) is 29.1 Å². The SMILES string of the molecule is CCC(C(=O)O)n1c(-c2ccccc2Cl)nc2sc(C)c(C)c2c1=O. The number of nitrogens with zero attached hydrogens (tertiary/aromatic N) is 2. The van der Waals surface area contributed by atoms with Crippen LogP contribution in [-0.2, 0) is 4.79 Å². The average Bonchev–Trinajstić information content (AvgIpc) is 2.85. The van der Waals surface area contributed by atoms with Crippen LogP contribution in [0.1, 0.15) is 29.8 Å². The van der Waals surface area contributed by atoms with Crippen molar-refractivity contribution in [3.05, 3.63) is 50.1 Å². The summed E-state index contributed by atoms with van der Waals surface area (Å²) in [6.07, 6.45) is 0.266. The van der Waals surface area contributed by atoms with Gasteiger partial charge in [-0.2, -0.15) is 0 Å². The van der Waals surface area contributed by atoms with Gasteiger partial charge in [0.1, 0.15) is 16.7 Å². The Kier molecular flexibility index (Phi) is 4.67. The highest BCUT2D eigenvalue weighted by molar-refractivity contribution is 7.18. The summed E-state index contributed by atoms with van der Waals surface area (Å²) in [7, 11) is 0. The fraction of sp³-hybridized carbons (Fsp3) is 0.278. The zero-order valence-electron chi connectivity index (χ0n) is 14.0. The standard InChI is InChI=1S/C18H17ClN2O3S/c1-4-13(18(23)24)21-15(11-7-5-6-8-12(11)19)20-16-14(17(21)22)9(2)10(3)25-16/h5-8,13H,4H2,1-3H3,(H,23,24). The van der Waals surface area contributed by atoms with Gasteiger partial charge in [0, 0.05) is 10.4 Å². The van der Waals surface area contributed by atoms with Crippen molar-refractivity contribution in [1.29, 1.82) is 0 Å². The van der Waals surface area contributed by atoms with Gasteiger partial charge in [0.25, 0.3) is 5.56 Å². The van der Waals surface area contributed by atoms with Crippen molar-refractivity contribution in [2.75, 3.05) is 0 Å². The Morgan fingerprint density at radius 2 is 2.04 bits per heavy atom. The lowest BCUT2D eigenvalue weighted by Gasteiger charge is -2.19. The number of halogens is 1. The van der Waals surface area contributed by atoms with Crippen molar-refractivity contribution in [3.8, 4) is 11.4 Å². The van der Waals surface area contributed by atoms with Gasteiger partial charge in [-0.3, -0.25) is 9.36 Å². The Balaban J connectivity index is 2.48. The first kappa shape index (κ1) is 17.6. The summed E-state index contributed by atoms with van der Waals surface area (Å²) in [5.74, 6) is -0.776. The fourth-order valence-electron chi connectivity index (χ4n) is 2.90. The lowest BCUT2D eigenvalue weighted by atomic mass is 10.1. The fourth-order valence-corrected chi connectivity index (χ4v) is 4.14. The van der Waals surface area contributed by atoms with Crippen molar-refractivity contribution >= 4 is 39.1 Å². The Morgan fingerprint density at radius 1 is 1.36 bits per heavy atom. The number of thiophene rings is 1. The van der Waals surface area contributed by atoms with E-state index in [-0.39, 0.29) is 12.0 Å². The van der Waals surface area contributed by atoms with E-state index in [9.17, 15) is 14.7 Å². The van der Waals surface area contributed by atoms with Gasteiger partial charge < -0.3 is 5.11 Å². The van der Waals surface area contributed by atoms with Gasteiger partial charge in [0.05, 0.1) is 10.4 Å². The summed E-state index contributed by atoms with van der Waals surface area (Å²) in [6, 6.07) is 6.00. The molecule has 7 heteroatoms. The maximum atomic E-state index is 13.2. The lowest BCUT2D eigenvalue weighted by Crippen LogP contribution is -2.31. The molecule has 25 heavy (non-hydrogen) atoms. The topological polar surface area (TPSA) is 72.2 Å². The van der Waals surface area contributed by atoms with Crippen LogP contribution in [0.25, 0.3) is 21.6 Å². The van der Waals surface area contributed by atoms with E-state index < -0.39 is 12.0 Å². The summed E-state index contributed by atoms with van der Waals surface area (Å²) in [4.78, 5) is 31.2. The zero-order chi connectivity index (χ0) is 18.3. The number of hydrogen-bond donors (Lipinski definition) is 1. The molecule has 0 aliphatic rings. The number of fused-ring (bicyclic) bond motifs is 1. The van der Waals surface area contributed by atoms with Crippen LogP contribution in [0.3, 0.4) is 0 Å². The van der Waals surface area contributed by atoms with Gasteiger partial charge in [-0.05, 0) is 38.0 Å². The van der Waals surface area contributed by atoms with E-state index in [4.69, 9.17) is 11.6 Å². The summed E-state index contributed by atoms with van der Waals surface area (Å²) in [6.45, 7) is 5.52. The van der Waals surface area contributed by atoms with Gasteiger partial charge >= 0.3 is 5.97 Å². The Morgan fingerprint density at radius 3 is 2.64 bits per heavy atom. The highest BCUT2D eigenvalue weighted by Gasteiger charge is 2.26. The molecule has 0 aliphatic heterocycles. The summed E-state index contributed by atoms with van der Waals surface area (Å²) >= 11 is 7.73. The van der Waals surface area contributed by atoms with Crippen molar-refractivity contribution in [2.45, 2.75) is 33.2 Å². The highest BCUT2D eigenvalue weighted by atomic mass is 35.5. The first-order valence-corrected chi connectivity index (χ1v) is 9.06. The van der Waals surface area contributed by atoms with Gasteiger partial charge in [0.15, 0.2) is 0 Å². The van der Waals surface area contributed by atoms with Gasteiger partial charge in [-0.15, -0.1) is 11.3 Å². The minimum absolute atomic E-state index is 0.266. The smallest absolute Gasteiger partial charge is 0.326 e. The molecule has 1 aromatic carbocycles. The minimum Gasteiger partial charge on any atom is -0.480 e. The van der Waals surface area contributed by atoms with Gasteiger partial charge in [-0.25, -0.2) is 9.78 Å². The maximum Gasteiger partial charge on any atom is 0.326 e. The number of aromatic nitrogens is 2. The second-order valence-corrected chi connectivity index (χ2v) is 7.43. The summed E-state index contributed by atoms with van der Waals surface area (Å²) in [5, 5.41) is 10.5. The number of rotatable bonds is 4. The molecule has 0 radical (unpaired) electrons. The van der Waals surface area contributed by atoms with Crippen LogP contribution in [0, 0.1) is 13.8 Å². The number of carboxylic acid groups (broad SMARTS) is 1. The molecule has 2 heterocycles. The van der Waals surface area contributed by atoms with Crippen LogP contribution in [0.4, 0.5) is 0 Å². The second-order valence-electron chi connectivity index (χ2n) is 5.82. The van der Waals surface area contributed by atoms with E-state index in [0.29, 0.717) is 26.6 Å². The second kappa shape index (κ2) is 6.61. The van der Waals surface area contributed by atoms with Crippen LogP contribution < -0.4 is 5.56 Å². The molecule has 0 saturated carbocycles. The van der Waals surface area contributed by atoms with E-state index >= 15 is 0 Å². The van der Waals surface area contributed by atoms with Gasteiger partial charge in [-0.1, -0.05) is 30.7 Å². The zero-order valence-corrected chi connectivity index (χ0v) is 15.6. The minimum atomic E-state index is -1.07. The average molecular weight is 377 g/mol. The van der Waals surface area contributed by atoms with E-state index in [1.54, 1.807) is 31.2 Å². The third-order valence-electron chi connectivity index (χ3n) is 4.33. The molecule has 1 atom stereocenters. The Hall–Kier alpha value is -2.18. The normalized spacial score (nSPS) is 12.5. The molecule has 0 fully saturated rings. The Bertz CT molecular complexity index is 1040. The number of aryl methyl sites for hydroxylation is 2. The number of benzene rings is 1. The molecule has 3 rings (SSSR count). The van der Waals surface area contributed by atoms with Crippen molar-refractivity contribution in [1.82, 2.24) is 9.55 Å². The van der Waals surface area contributed by atoms with Crippen molar-refractivity contribution in [2.24, 2.45) is 0 Å². The summed E-state index contributed by atoms with van der Waals surface area (Å²) in [5.41, 5.74) is 1.06. The predicted molar refractivity (Wildman–Crippen MR) is 101 cm³/mol. The lowest BCUT2D eigenvalue weighted by molar-refractivity contribution is -0.141. The highest BCUT2D eigenvalue weighted by Crippen LogP contribution is 2.32. The predicted octanol–water partition coefficient (Wildman–Crippen LogP) is 4.43. The molecule has 2 aromatic heterocycles. The molecule has 0 bridgehead atoms. The third kappa shape index (κ3) is 2.85. The van der Waals surface area contributed by atoms with Crippen LogP contribution >= 0.6 is 22.9 Å². The largest absolute Gasteiger partial charge is 0.480 e. The molecule has 0 saturated heterocycles. The number of aliphatic carboxylic acids is 1.